The van der Waals surface area contributed by atoms with Gasteiger partial charge in [-0.15, -0.1) is 0 Å². The molecule has 0 saturated heterocycles. The van der Waals surface area contributed by atoms with Crippen molar-refractivity contribution in [3.8, 4) is 0 Å². The van der Waals surface area contributed by atoms with Gasteiger partial charge >= 0.3 is 17.9 Å². The molecule has 1 heterocycles. The van der Waals surface area contributed by atoms with Crippen LogP contribution in [0.4, 0.5) is 5.69 Å². The maximum atomic E-state index is 12.8. The van der Waals surface area contributed by atoms with E-state index in [2.05, 4.69) is 15.7 Å². The van der Waals surface area contributed by atoms with E-state index in [-0.39, 0.29) is 49.1 Å². The van der Waals surface area contributed by atoms with Crippen molar-refractivity contribution < 1.29 is 54.3 Å². The van der Waals surface area contributed by atoms with Crippen LogP contribution in [0.1, 0.15) is 70.0 Å². The Morgan fingerprint density at radius 3 is 1.62 bits per heavy atom. The molecule has 0 spiro atoms. The number of hydrogen-bond donors (Lipinski definition) is 7. The first-order valence-electron chi connectivity index (χ1n) is 18.6. The summed E-state index contributed by atoms with van der Waals surface area (Å²) in [5, 5.41) is 58.0. The smallest absolute Gasteiger partial charge is 0.334 e. The van der Waals surface area contributed by atoms with Crippen molar-refractivity contribution >= 4 is 47.0 Å². The van der Waals surface area contributed by atoms with Crippen molar-refractivity contribution in [3.63, 3.8) is 0 Å². The van der Waals surface area contributed by atoms with E-state index >= 15 is 0 Å². The van der Waals surface area contributed by atoms with Crippen molar-refractivity contribution in [1.29, 1.82) is 0 Å². The molecule has 0 radical (unpaired) electrons. The highest BCUT2D eigenvalue weighted by atomic mass is 16.4. The predicted octanol–water partition coefficient (Wildman–Crippen LogP) is 3.86. The Morgan fingerprint density at radius 1 is 0.655 bits per heavy atom. The van der Waals surface area contributed by atoms with Crippen LogP contribution in [0, 0.1) is 0 Å². The second-order valence-corrected chi connectivity index (χ2v) is 13.5. The number of hydrazone groups is 1. The third kappa shape index (κ3) is 13.2. The molecule has 4 aromatic carbocycles. The Balaban J connectivity index is 0.000000259. The SMILES string of the molecule is CCCC1=NN(c2cccc(C(=O)N[C@H](Cc3ccccc3)[C@@H](O)C(=O)O)c2)C(=O)C1.O=C(O)CCc1cccc(C(=O)N[C@H](Cc2ccccc2)[C@@H](O)C(=O)O)c1. The predicted molar refractivity (Wildman–Crippen MR) is 213 cm³/mol. The molecule has 15 heteroatoms. The van der Waals surface area contributed by atoms with Gasteiger partial charge in [0.25, 0.3) is 17.7 Å². The number of carboxylic acid groups (broad SMARTS) is 3. The summed E-state index contributed by atoms with van der Waals surface area (Å²) in [6.45, 7) is 2.01. The highest BCUT2D eigenvalue weighted by molar-refractivity contribution is 6.13. The molecule has 5 rings (SSSR count). The number of aliphatic hydroxyl groups is 2. The summed E-state index contributed by atoms with van der Waals surface area (Å²) in [4.78, 5) is 70.9. The minimum atomic E-state index is -1.77. The molecule has 1 aliphatic heterocycles. The fraction of sp³-hybridized carbons (Fsp3) is 0.279. The van der Waals surface area contributed by atoms with E-state index in [0.717, 1.165) is 29.7 Å². The molecule has 0 unspecified atom stereocenters. The van der Waals surface area contributed by atoms with E-state index in [9.17, 15) is 44.1 Å². The Labute approximate surface area is 334 Å². The highest BCUT2D eigenvalue weighted by Gasteiger charge is 2.30. The number of carbonyl (C=O) groups excluding carboxylic acids is 3. The van der Waals surface area contributed by atoms with Crippen LogP contribution >= 0.6 is 0 Å². The third-order valence-electron chi connectivity index (χ3n) is 9.04. The van der Waals surface area contributed by atoms with Crippen LogP contribution in [0.25, 0.3) is 0 Å². The van der Waals surface area contributed by atoms with Crippen LogP contribution in [0.15, 0.2) is 114 Å². The fourth-order valence-electron chi connectivity index (χ4n) is 6.08. The molecule has 3 amide bonds. The van der Waals surface area contributed by atoms with Crippen LogP contribution in [-0.2, 0) is 38.4 Å². The van der Waals surface area contributed by atoms with Gasteiger partial charge in [-0.3, -0.25) is 19.2 Å². The van der Waals surface area contributed by atoms with Crippen LogP contribution in [0.5, 0.6) is 0 Å². The number of nitrogens with one attached hydrogen (secondary N) is 2. The molecule has 0 aromatic heterocycles. The van der Waals surface area contributed by atoms with Gasteiger partial charge in [0.15, 0.2) is 12.2 Å². The first-order chi connectivity index (χ1) is 27.7. The number of aliphatic carboxylic acids is 3. The fourth-order valence-corrected chi connectivity index (χ4v) is 6.08. The van der Waals surface area contributed by atoms with Gasteiger partial charge in [0.2, 0.25) is 0 Å². The lowest BCUT2D eigenvalue weighted by atomic mass is 10.00. The Kier molecular flexibility index (Phi) is 16.4. The molecule has 0 fully saturated rings. The van der Waals surface area contributed by atoms with E-state index in [0.29, 0.717) is 11.3 Å². The first-order valence-corrected chi connectivity index (χ1v) is 18.6. The maximum Gasteiger partial charge on any atom is 0.334 e. The largest absolute Gasteiger partial charge is 0.481 e. The quantitative estimate of drug-likeness (QED) is 0.0763. The topological polar surface area (TPSA) is 243 Å². The Hall–Kier alpha value is -6.71. The summed E-state index contributed by atoms with van der Waals surface area (Å²) in [5.41, 5.74) is 4.01. The molecule has 4 aromatic rings. The summed E-state index contributed by atoms with van der Waals surface area (Å²) in [7, 11) is 0. The van der Waals surface area contributed by atoms with Gasteiger partial charge in [0.1, 0.15) is 0 Å². The van der Waals surface area contributed by atoms with E-state index in [4.69, 9.17) is 10.2 Å². The number of aryl methyl sites for hydroxylation is 1. The van der Waals surface area contributed by atoms with Crippen LogP contribution in [-0.4, -0.2) is 91.2 Å². The number of aliphatic hydroxyl groups excluding tert-OH is 2. The maximum absolute atomic E-state index is 12.8. The monoisotopic (exact) mass is 794 g/mol. The molecule has 7 N–H and O–H groups in total. The number of amides is 3. The van der Waals surface area contributed by atoms with Gasteiger partial charge in [0, 0.05) is 23.3 Å². The lowest BCUT2D eigenvalue weighted by Gasteiger charge is -2.22. The average Bonchev–Trinajstić information content (AvgIpc) is 3.59. The zero-order valence-electron chi connectivity index (χ0n) is 31.7. The normalized spacial score (nSPS) is 14.2. The van der Waals surface area contributed by atoms with Crippen molar-refractivity contribution in [2.75, 3.05) is 5.01 Å². The zero-order valence-corrected chi connectivity index (χ0v) is 31.7. The molecule has 1 aliphatic rings. The molecule has 58 heavy (non-hydrogen) atoms. The third-order valence-corrected chi connectivity index (χ3v) is 9.04. The molecular formula is C43H46N4O11. The summed E-state index contributed by atoms with van der Waals surface area (Å²) in [6.07, 6.45) is -1.13. The van der Waals surface area contributed by atoms with Gasteiger partial charge in [-0.2, -0.15) is 5.10 Å². The molecule has 4 atom stereocenters. The standard InChI is InChI=1S/C23H25N3O5.C20H21NO6/c1-2-7-17-14-20(27)26(25-17)18-11-6-10-16(13-18)22(29)24-19(21(28)23(30)31)12-15-8-4-3-5-9-15;22-17(23)10-9-14-7-4-8-15(11-14)19(25)21-16(18(24)20(26)27)12-13-5-2-1-3-6-13/h3-6,8-11,13,19,21,28H,2,7,12,14H2,1H3,(H,24,29)(H,30,31);1-8,11,16,18,24H,9-10,12H2,(H,21,25)(H,22,23)(H,26,27)/t19-,21-;16-,18-/m11/s1. The second-order valence-electron chi connectivity index (χ2n) is 13.5. The van der Waals surface area contributed by atoms with Gasteiger partial charge in [0.05, 0.1) is 24.2 Å². The molecule has 15 nitrogen and oxygen atoms in total. The van der Waals surface area contributed by atoms with Crippen LogP contribution in [0.2, 0.25) is 0 Å². The molecule has 0 aliphatic carbocycles. The number of benzene rings is 4. The van der Waals surface area contributed by atoms with E-state index < -0.39 is 54.0 Å². The van der Waals surface area contributed by atoms with E-state index in [1.54, 1.807) is 91.0 Å². The van der Waals surface area contributed by atoms with Crippen molar-refractivity contribution in [1.82, 2.24) is 10.6 Å². The van der Waals surface area contributed by atoms with Gasteiger partial charge in [-0.25, -0.2) is 14.6 Å². The average molecular weight is 795 g/mol. The Morgan fingerprint density at radius 2 is 1.14 bits per heavy atom. The lowest BCUT2D eigenvalue weighted by molar-refractivity contribution is -0.148. The number of hydrogen-bond acceptors (Lipinski definition) is 9. The van der Waals surface area contributed by atoms with Crippen LogP contribution < -0.4 is 15.6 Å². The van der Waals surface area contributed by atoms with Gasteiger partial charge < -0.3 is 36.2 Å². The van der Waals surface area contributed by atoms with Crippen molar-refractivity contribution in [3.05, 3.63) is 137 Å². The number of carbonyl (C=O) groups is 6. The van der Waals surface area contributed by atoms with E-state index in [1.165, 1.54) is 11.1 Å². The second kappa shape index (κ2) is 21.6. The van der Waals surface area contributed by atoms with E-state index in [1.807, 2.05) is 19.1 Å². The Bertz CT molecular complexity index is 2090. The zero-order chi connectivity index (χ0) is 42.2. The summed E-state index contributed by atoms with van der Waals surface area (Å²) >= 11 is 0. The highest BCUT2D eigenvalue weighted by Crippen LogP contribution is 2.23. The number of nitrogens with zero attached hydrogens (tertiary/aromatic N) is 2. The molecule has 0 bridgehead atoms. The number of carboxylic acids is 3. The summed E-state index contributed by atoms with van der Waals surface area (Å²) in [6, 6.07) is 28.7. The molecule has 0 saturated carbocycles. The van der Waals surface area contributed by atoms with Gasteiger partial charge in [-0.1, -0.05) is 92.2 Å². The number of rotatable bonds is 18. The number of anilines is 1. The minimum absolute atomic E-state index is 0.0561. The van der Waals surface area contributed by atoms with Crippen molar-refractivity contribution in [2.24, 2.45) is 5.10 Å². The molecule has 304 valence electrons. The minimum Gasteiger partial charge on any atom is -0.481 e. The molecular weight excluding hydrogens is 748 g/mol. The summed E-state index contributed by atoms with van der Waals surface area (Å²) in [5.74, 6) is -5.02. The van der Waals surface area contributed by atoms with Crippen LogP contribution in [0.3, 0.4) is 0 Å². The summed E-state index contributed by atoms with van der Waals surface area (Å²) < 4.78 is 0. The first kappa shape index (κ1) is 44.0. The van der Waals surface area contributed by atoms with Gasteiger partial charge in [-0.05, 0) is 72.7 Å². The van der Waals surface area contributed by atoms with Crippen molar-refractivity contribution in [2.45, 2.75) is 76.2 Å². The lowest BCUT2D eigenvalue weighted by Crippen LogP contribution is -2.48.